The van der Waals surface area contributed by atoms with E-state index in [0.717, 1.165) is 25.2 Å². The van der Waals surface area contributed by atoms with Crippen LogP contribution in [0.25, 0.3) is 0 Å². The standard InChI is InChI=1S/C14H21NO3S/c1-11-8-9-15(10-14(11)18-2)12-4-6-13(7-5-12)19(3,16)17/h4-7,11,14H,8-10H2,1-3H3. The molecule has 2 unspecified atom stereocenters. The lowest BCUT2D eigenvalue weighted by Crippen LogP contribution is -2.43. The lowest BCUT2D eigenvalue weighted by Gasteiger charge is -2.37. The van der Waals surface area contributed by atoms with Crippen molar-refractivity contribution < 1.29 is 13.2 Å². The molecule has 4 nitrogen and oxygen atoms in total. The Morgan fingerprint density at radius 1 is 1.26 bits per heavy atom. The lowest BCUT2D eigenvalue weighted by molar-refractivity contribution is 0.0498. The number of rotatable bonds is 3. The van der Waals surface area contributed by atoms with E-state index in [4.69, 9.17) is 4.74 Å². The van der Waals surface area contributed by atoms with Crippen molar-refractivity contribution >= 4 is 15.5 Å². The molecule has 1 aliphatic rings. The Bertz CT molecular complexity index is 524. The molecule has 5 heteroatoms. The van der Waals surface area contributed by atoms with E-state index in [-0.39, 0.29) is 6.10 Å². The molecule has 0 saturated carbocycles. The molecule has 106 valence electrons. The molecule has 1 heterocycles. The van der Waals surface area contributed by atoms with Crippen molar-refractivity contribution in [1.82, 2.24) is 0 Å². The third-order valence-electron chi connectivity index (χ3n) is 3.82. The topological polar surface area (TPSA) is 46.6 Å². The van der Waals surface area contributed by atoms with Gasteiger partial charge in [-0.05, 0) is 36.6 Å². The highest BCUT2D eigenvalue weighted by Gasteiger charge is 2.26. The fraction of sp³-hybridized carbons (Fsp3) is 0.571. The Labute approximate surface area is 115 Å². The first-order valence-corrected chi connectivity index (χ1v) is 8.39. The van der Waals surface area contributed by atoms with Gasteiger partial charge in [-0.3, -0.25) is 0 Å². The van der Waals surface area contributed by atoms with E-state index in [1.54, 1.807) is 19.2 Å². The predicted octanol–water partition coefficient (Wildman–Crippen LogP) is 1.95. The summed E-state index contributed by atoms with van der Waals surface area (Å²) in [6.07, 6.45) is 2.56. The van der Waals surface area contributed by atoms with Gasteiger partial charge in [-0.2, -0.15) is 0 Å². The normalized spacial score (nSPS) is 24.5. The summed E-state index contributed by atoms with van der Waals surface area (Å²) in [5, 5.41) is 0. The zero-order chi connectivity index (χ0) is 14.0. The van der Waals surface area contributed by atoms with E-state index >= 15 is 0 Å². The van der Waals surface area contributed by atoms with Gasteiger partial charge >= 0.3 is 0 Å². The summed E-state index contributed by atoms with van der Waals surface area (Å²) < 4.78 is 28.4. The first-order valence-electron chi connectivity index (χ1n) is 6.49. The molecule has 0 bridgehead atoms. The largest absolute Gasteiger partial charge is 0.379 e. The first-order chi connectivity index (χ1) is 8.91. The number of piperidine rings is 1. The Balaban J connectivity index is 2.15. The summed E-state index contributed by atoms with van der Waals surface area (Å²) in [4.78, 5) is 2.62. The van der Waals surface area contributed by atoms with Gasteiger partial charge in [-0.25, -0.2) is 8.42 Å². The Morgan fingerprint density at radius 2 is 1.89 bits per heavy atom. The fourth-order valence-corrected chi connectivity index (χ4v) is 3.11. The molecule has 1 fully saturated rings. The molecule has 1 aromatic carbocycles. The van der Waals surface area contributed by atoms with Crippen LogP contribution in [0.15, 0.2) is 29.2 Å². The molecule has 0 spiro atoms. The molecule has 2 atom stereocenters. The number of nitrogens with zero attached hydrogens (tertiary/aromatic N) is 1. The maximum absolute atomic E-state index is 11.4. The van der Waals surface area contributed by atoms with Gasteiger partial charge in [0.15, 0.2) is 9.84 Å². The van der Waals surface area contributed by atoms with Crippen LogP contribution >= 0.6 is 0 Å². The second-order valence-electron chi connectivity index (χ2n) is 5.25. The smallest absolute Gasteiger partial charge is 0.175 e. The van der Waals surface area contributed by atoms with Gasteiger partial charge in [-0.1, -0.05) is 6.92 Å². The Kier molecular flexibility index (Phi) is 4.16. The molecule has 1 aromatic rings. The van der Waals surface area contributed by atoms with Gasteiger partial charge in [0, 0.05) is 32.1 Å². The van der Waals surface area contributed by atoms with E-state index in [2.05, 4.69) is 11.8 Å². The minimum absolute atomic E-state index is 0.239. The van der Waals surface area contributed by atoms with Crippen LogP contribution in [0.1, 0.15) is 13.3 Å². The monoisotopic (exact) mass is 283 g/mol. The van der Waals surface area contributed by atoms with Crippen LogP contribution in [-0.2, 0) is 14.6 Å². The average Bonchev–Trinajstić information content (AvgIpc) is 2.38. The molecular formula is C14H21NO3S. The summed E-state index contributed by atoms with van der Waals surface area (Å²) in [6, 6.07) is 7.09. The third kappa shape index (κ3) is 3.28. The molecule has 0 aromatic heterocycles. The summed E-state index contributed by atoms with van der Waals surface area (Å²) in [6.45, 7) is 4.05. The van der Waals surface area contributed by atoms with Gasteiger partial charge in [0.25, 0.3) is 0 Å². The van der Waals surface area contributed by atoms with Crippen molar-refractivity contribution in [3.8, 4) is 0 Å². The van der Waals surface area contributed by atoms with Gasteiger partial charge in [0.05, 0.1) is 11.0 Å². The van der Waals surface area contributed by atoms with Crippen molar-refractivity contribution in [2.75, 3.05) is 31.4 Å². The number of anilines is 1. The second-order valence-corrected chi connectivity index (χ2v) is 7.27. The van der Waals surface area contributed by atoms with Gasteiger partial charge in [-0.15, -0.1) is 0 Å². The van der Waals surface area contributed by atoms with E-state index in [0.29, 0.717) is 10.8 Å². The fourth-order valence-electron chi connectivity index (χ4n) is 2.48. The predicted molar refractivity (Wildman–Crippen MR) is 76.3 cm³/mol. The maximum atomic E-state index is 11.4. The number of benzene rings is 1. The number of methoxy groups -OCH3 is 1. The number of sulfone groups is 1. The van der Waals surface area contributed by atoms with Crippen LogP contribution in [0.3, 0.4) is 0 Å². The van der Waals surface area contributed by atoms with Crippen LogP contribution in [0.2, 0.25) is 0 Å². The van der Waals surface area contributed by atoms with Crippen LogP contribution in [0, 0.1) is 5.92 Å². The lowest BCUT2D eigenvalue weighted by atomic mass is 9.95. The molecule has 2 rings (SSSR count). The van der Waals surface area contributed by atoms with Crippen molar-refractivity contribution in [2.24, 2.45) is 5.92 Å². The highest BCUT2D eigenvalue weighted by atomic mass is 32.2. The van der Waals surface area contributed by atoms with Gasteiger partial charge in [0.2, 0.25) is 0 Å². The van der Waals surface area contributed by atoms with E-state index in [9.17, 15) is 8.42 Å². The molecule has 0 aliphatic carbocycles. The van der Waals surface area contributed by atoms with Crippen LogP contribution < -0.4 is 4.90 Å². The average molecular weight is 283 g/mol. The second kappa shape index (κ2) is 5.51. The van der Waals surface area contributed by atoms with E-state index in [1.807, 2.05) is 12.1 Å². The SMILES string of the molecule is COC1CN(c2ccc(S(C)(=O)=O)cc2)CCC1C. The van der Waals surface area contributed by atoms with E-state index < -0.39 is 9.84 Å². The zero-order valence-electron chi connectivity index (χ0n) is 11.7. The quantitative estimate of drug-likeness (QED) is 0.850. The number of hydrogen-bond donors (Lipinski definition) is 0. The molecule has 0 radical (unpaired) electrons. The maximum Gasteiger partial charge on any atom is 0.175 e. The summed E-state index contributed by atoms with van der Waals surface area (Å²) in [5.41, 5.74) is 1.06. The minimum Gasteiger partial charge on any atom is -0.379 e. The number of ether oxygens (including phenoxy) is 1. The third-order valence-corrected chi connectivity index (χ3v) is 4.95. The molecule has 1 aliphatic heterocycles. The summed E-state index contributed by atoms with van der Waals surface area (Å²) >= 11 is 0. The van der Waals surface area contributed by atoms with Crippen molar-refractivity contribution in [2.45, 2.75) is 24.3 Å². The Hall–Kier alpha value is -1.07. The van der Waals surface area contributed by atoms with Crippen molar-refractivity contribution in [3.63, 3.8) is 0 Å². The summed E-state index contributed by atoms with van der Waals surface area (Å²) in [5.74, 6) is 0.566. The highest BCUT2D eigenvalue weighted by Crippen LogP contribution is 2.25. The van der Waals surface area contributed by atoms with Gasteiger partial charge < -0.3 is 9.64 Å². The van der Waals surface area contributed by atoms with Crippen molar-refractivity contribution in [1.29, 1.82) is 0 Å². The zero-order valence-corrected chi connectivity index (χ0v) is 12.5. The first kappa shape index (κ1) is 14.3. The number of hydrogen-bond acceptors (Lipinski definition) is 4. The highest BCUT2D eigenvalue weighted by molar-refractivity contribution is 7.90. The summed E-state index contributed by atoms with van der Waals surface area (Å²) in [7, 11) is -1.37. The molecule has 0 N–H and O–H groups in total. The Morgan fingerprint density at radius 3 is 2.42 bits per heavy atom. The van der Waals surface area contributed by atoms with Crippen LogP contribution in [0.5, 0.6) is 0 Å². The van der Waals surface area contributed by atoms with E-state index in [1.165, 1.54) is 6.26 Å². The van der Waals surface area contributed by atoms with Gasteiger partial charge in [0.1, 0.15) is 0 Å². The molecular weight excluding hydrogens is 262 g/mol. The molecule has 1 saturated heterocycles. The van der Waals surface area contributed by atoms with Crippen LogP contribution in [-0.4, -0.2) is 41.0 Å². The molecule has 0 amide bonds. The molecule has 19 heavy (non-hydrogen) atoms. The van der Waals surface area contributed by atoms with Crippen molar-refractivity contribution in [3.05, 3.63) is 24.3 Å². The van der Waals surface area contributed by atoms with Crippen LogP contribution in [0.4, 0.5) is 5.69 Å². The minimum atomic E-state index is -3.12.